The Morgan fingerprint density at radius 2 is 2.00 bits per heavy atom. The first-order valence-electron chi connectivity index (χ1n) is 9.04. The number of nitrogens with zero attached hydrogens (tertiary/aromatic N) is 2. The number of ether oxygens (including phenoxy) is 5. The molecular formula is C20H16F2N2O7. The summed E-state index contributed by atoms with van der Waals surface area (Å²) in [7, 11) is 1.31. The van der Waals surface area contributed by atoms with Crippen LogP contribution < -0.4 is 18.9 Å². The van der Waals surface area contributed by atoms with Gasteiger partial charge in [-0.1, -0.05) is 17.3 Å². The predicted molar refractivity (Wildman–Crippen MR) is 99.1 cm³/mol. The van der Waals surface area contributed by atoms with Gasteiger partial charge >= 0.3 is 12.6 Å². The summed E-state index contributed by atoms with van der Waals surface area (Å²) >= 11 is 0. The zero-order chi connectivity index (χ0) is 21.8. The number of fused-ring (bicyclic) bond motifs is 1. The highest BCUT2D eigenvalue weighted by molar-refractivity contribution is 5.76. The molecule has 1 atom stereocenters. The van der Waals surface area contributed by atoms with Gasteiger partial charge in [-0.3, -0.25) is 0 Å². The number of alkyl halides is 2. The lowest BCUT2D eigenvalue weighted by molar-refractivity contribution is -0.156. The molecule has 0 saturated carbocycles. The molecule has 162 valence electrons. The van der Waals surface area contributed by atoms with E-state index in [0.717, 1.165) is 0 Å². The van der Waals surface area contributed by atoms with Gasteiger partial charge in [-0.05, 0) is 30.3 Å². The van der Waals surface area contributed by atoms with Crippen molar-refractivity contribution in [1.29, 1.82) is 0 Å². The van der Waals surface area contributed by atoms with Gasteiger partial charge in [0.1, 0.15) is 6.61 Å². The van der Waals surface area contributed by atoms with E-state index in [9.17, 15) is 13.6 Å². The van der Waals surface area contributed by atoms with Crippen LogP contribution in [0.3, 0.4) is 0 Å². The molecule has 0 unspecified atom stereocenters. The standard InChI is InChI=1S/C20H16F2N2O7/c1-26-15-8-11(6-7-14(15)30-20(21)22)18-23-17(31-24-18)10-28-19(25)16-9-27-12-4-2-3-5-13(12)29-16/h2-8,16,20H,9-10H2,1H3/t16-/m1/s1. The predicted octanol–water partition coefficient (Wildman–Crippen LogP) is 3.23. The fourth-order valence-electron chi connectivity index (χ4n) is 2.79. The molecule has 0 N–H and O–H groups in total. The average molecular weight is 434 g/mol. The average Bonchev–Trinajstić information content (AvgIpc) is 3.26. The van der Waals surface area contributed by atoms with Crippen LogP contribution in [0.1, 0.15) is 5.89 Å². The van der Waals surface area contributed by atoms with Crippen LogP contribution in [-0.4, -0.2) is 42.5 Å². The zero-order valence-electron chi connectivity index (χ0n) is 16.1. The topological polar surface area (TPSA) is 102 Å². The molecule has 1 aromatic heterocycles. The Bertz CT molecular complexity index is 1070. The summed E-state index contributed by atoms with van der Waals surface area (Å²) in [4.78, 5) is 16.4. The van der Waals surface area contributed by atoms with Crippen molar-refractivity contribution in [3.63, 3.8) is 0 Å². The van der Waals surface area contributed by atoms with E-state index in [4.69, 9.17) is 23.5 Å². The summed E-state index contributed by atoms with van der Waals surface area (Å²) in [6, 6.07) is 11.2. The molecule has 0 saturated heterocycles. The van der Waals surface area contributed by atoms with Crippen molar-refractivity contribution >= 4 is 5.97 Å². The minimum atomic E-state index is -2.99. The molecule has 11 heteroatoms. The third kappa shape index (κ3) is 4.65. The second-order valence-corrected chi connectivity index (χ2v) is 6.23. The molecule has 0 spiro atoms. The normalized spacial score (nSPS) is 14.9. The first-order valence-corrected chi connectivity index (χ1v) is 9.04. The molecule has 4 rings (SSSR count). The Morgan fingerprint density at radius 1 is 1.19 bits per heavy atom. The van der Waals surface area contributed by atoms with Gasteiger partial charge in [-0.15, -0.1) is 0 Å². The van der Waals surface area contributed by atoms with Gasteiger partial charge in [0.2, 0.25) is 11.9 Å². The Hall–Kier alpha value is -3.89. The van der Waals surface area contributed by atoms with E-state index in [1.807, 2.05) is 0 Å². The van der Waals surface area contributed by atoms with E-state index < -0.39 is 18.7 Å². The maximum Gasteiger partial charge on any atom is 0.387 e. The van der Waals surface area contributed by atoms with Gasteiger partial charge in [0, 0.05) is 5.56 Å². The summed E-state index contributed by atoms with van der Waals surface area (Å²) < 4.78 is 55.6. The lowest BCUT2D eigenvalue weighted by Crippen LogP contribution is -2.37. The van der Waals surface area contributed by atoms with Gasteiger partial charge in [0.05, 0.1) is 7.11 Å². The van der Waals surface area contributed by atoms with Crippen molar-refractivity contribution < 1.29 is 41.8 Å². The minimum Gasteiger partial charge on any atom is -0.493 e. The number of halogens is 2. The summed E-state index contributed by atoms with van der Waals surface area (Å²) in [5.74, 6) is 0.480. The van der Waals surface area contributed by atoms with E-state index in [-0.39, 0.29) is 36.4 Å². The number of carbonyl (C=O) groups excluding carboxylic acids is 1. The molecule has 3 aromatic rings. The maximum atomic E-state index is 12.4. The van der Waals surface area contributed by atoms with Crippen molar-refractivity contribution in [2.45, 2.75) is 19.3 Å². The number of methoxy groups -OCH3 is 1. The second kappa shape index (κ2) is 8.86. The number of para-hydroxylation sites is 2. The monoisotopic (exact) mass is 434 g/mol. The van der Waals surface area contributed by atoms with Crippen LogP contribution in [0, 0.1) is 0 Å². The van der Waals surface area contributed by atoms with Crippen LogP contribution >= 0.6 is 0 Å². The highest BCUT2D eigenvalue weighted by Gasteiger charge is 2.29. The molecule has 9 nitrogen and oxygen atoms in total. The maximum absolute atomic E-state index is 12.4. The number of hydrogen-bond donors (Lipinski definition) is 0. The van der Waals surface area contributed by atoms with E-state index in [1.165, 1.54) is 25.3 Å². The number of benzene rings is 2. The smallest absolute Gasteiger partial charge is 0.387 e. The molecule has 1 aliphatic rings. The number of carbonyl (C=O) groups is 1. The molecule has 1 aliphatic heterocycles. The molecule has 2 aromatic carbocycles. The lowest BCUT2D eigenvalue weighted by Gasteiger charge is -2.24. The Labute approximate surface area is 174 Å². The van der Waals surface area contributed by atoms with Gasteiger partial charge in [0.15, 0.2) is 29.6 Å². The third-order valence-corrected chi connectivity index (χ3v) is 4.22. The van der Waals surface area contributed by atoms with Gasteiger partial charge < -0.3 is 28.2 Å². The fourth-order valence-corrected chi connectivity index (χ4v) is 2.79. The van der Waals surface area contributed by atoms with E-state index >= 15 is 0 Å². The van der Waals surface area contributed by atoms with Crippen molar-refractivity contribution in [3.05, 3.63) is 48.4 Å². The molecule has 0 radical (unpaired) electrons. The molecule has 0 bridgehead atoms. The van der Waals surface area contributed by atoms with Crippen molar-refractivity contribution in [3.8, 4) is 34.4 Å². The molecule has 0 fully saturated rings. The Morgan fingerprint density at radius 3 is 2.77 bits per heavy atom. The zero-order valence-corrected chi connectivity index (χ0v) is 16.1. The second-order valence-electron chi connectivity index (χ2n) is 6.23. The molecule has 31 heavy (non-hydrogen) atoms. The largest absolute Gasteiger partial charge is 0.493 e. The van der Waals surface area contributed by atoms with Crippen LogP contribution in [0.25, 0.3) is 11.4 Å². The van der Waals surface area contributed by atoms with E-state index in [2.05, 4.69) is 14.9 Å². The first kappa shape index (κ1) is 20.4. The van der Waals surface area contributed by atoms with Crippen LogP contribution in [0.5, 0.6) is 23.0 Å². The van der Waals surface area contributed by atoms with Crippen molar-refractivity contribution in [2.75, 3.05) is 13.7 Å². The summed E-state index contributed by atoms with van der Waals surface area (Å²) in [6.07, 6.45) is -0.927. The Balaban J connectivity index is 1.38. The fraction of sp³-hybridized carbons (Fsp3) is 0.250. The quantitative estimate of drug-likeness (QED) is 0.519. The Kier molecular flexibility index (Phi) is 5.83. The summed E-state index contributed by atoms with van der Waals surface area (Å²) in [6.45, 7) is -3.26. The molecule has 0 aliphatic carbocycles. The highest BCUT2D eigenvalue weighted by Crippen LogP contribution is 2.33. The van der Waals surface area contributed by atoms with Crippen LogP contribution in [0.15, 0.2) is 47.0 Å². The van der Waals surface area contributed by atoms with Gasteiger partial charge in [-0.25, -0.2) is 4.79 Å². The van der Waals surface area contributed by atoms with Crippen molar-refractivity contribution in [1.82, 2.24) is 10.1 Å². The van der Waals surface area contributed by atoms with Gasteiger partial charge in [0.25, 0.3) is 5.89 Å². The van der Waals surface area contributed by atoms with Crippen LogP contribution in [0.2, 0.25) is 0 Å². The van der Waals surface area contributed by atoms with Crippen LogP contribution in [0.4, 0.5) is 8.78 Å². The molecular weight excluding hydrogens is 418 g/mol. The van der Waals surface area contributed by atoms with E-state index in [0.29, 0.717) is 17.1 Å². The first-order chi connectivity index (χ1) is 15.0. The minimum absolute atomic E-state index is 0.0117. The summed E-state index contributed by atoms with van der Waals surface area (Å²) in [5.41, 5.74) is 0.431. The van der Waals surface area contributed by atoms with Gasteiger partial charge in [-0.2, -0.15) is 13.8 Å². The SMILES string of the molecule is COc1cc(-c2noc(COC(=O)[C@H]3COc4ccccc4O3)n2)ccc1OC(F)F. The number of rotatable bonds is 7. The number of aromatic nitrogens is 2. The molecule has 0 amide bonds. The molecule has 2 heterocycles. The summed E-state index contributed by atoms with van der Waals surface area (Å²) in [5, 5.41) is 3.79. The third-order valence-electron chi connectivity index (χ3n) is 4.22. The lowest BCUT2D eigenvalue weighted by atomic mass is 10.2. The van der Waals surface area contributed by atoms with Crippen molar-refractivity contribution in [2.24, 2.45) is 0 Å². The highest BCUT2D eigenvalue weighted by atomic mass is 19.3. The number of hydrogen-bond acceptors (Lipinski definition) is 9. The number of esters is 1. The van der Waals surface area contributed by atoms with Crippen LogP contribution in [-0.2, 0) is 16.1 Å². The van der Waals surface area contributed by atoms with E-state index in [1.54, 1.807) is 24.3 Å².